The molecule has 1 aliphatic rings. The van der Waals surface area contributed by atoms with E-state index in [1.54, 1.807) is 4.90 Å². The van der Waals surface area contributed by atoms with Gasteiger partial charge >= 0.3 is 5.97 Å². The van der Waals surface area contributed by atoms with E-state index in [4.69, 9.17) is 14.9 Å². The van der Waals surface area contributed by atoms with Crippen LogP contribution in [0.5, 0.6) is 0 Å². The molecule has 1 rings (SSSR count). The molecule has 5 heteroatoms. The number of likely N-dealkylation sites (tertiary alicyclic amines) is 1. The Kier molecular flexibility index (Phi) is 3.78. The second-order valence-corrected chi connectivity index (χ2v) is 4.89. The molecule has 0 aliphatic carbocycles. The maximum atomic E-state index is 11.5. The van der Waals surface area contributed by atoms with Gasteiger partial charge in [-0.1, -0.05) is 0 Å². The average Bonchev–Trinajstić information content (AvgIpc) is 2.62. The number of amidine groups is 1. The van der Waals surface area contributed by atoms with Gasteiger partial charge in [-0.15, -0.1) is 0 Å². The fraction of sp³-hybridized carbons (Fsp3) is 0.818. The van der Waals surface area contributed by atoms with Gasteiger partial charge in [0.1, 0.15) is 11.6 Å². The highest BCUT2D eigenvalue weighted by atomic mass is 16.5. The quantitative estimate of drug-likeness (QED) is 0.418. The van der Waals surface area contributed by atoms with E-state index in [0.717, 1.165) is 12.8 Å². The van der Waals surface area contributed by atoms with Gasteiger partial charge < -0.3 is 14.4 Å². The van der Waals surface area contributed by atoms with E-state index in [1.807, 2.05) is 20.8 Å². The van der Waals surface area contributed by atoms with Crippen LogP contribution >= 0.6 is 0 Å². The van der Waals surface area contributed by atoms with Crippen molar-refractivity contribution in [2.24, 2.45) is 0 Å². The Labute approximate surface area is 96.2 Å². The van der Waals surface area contributed by atoms with Gasteiger partial charge in [-0.25, -0.2) is 4.79 Å². The number of esters is 1. The minimum Gasteiger partial charge on any atom is -0.467 e. The van der Waals surface area contributed by atoms with Crippen molar-refractivity contribution in [3.63, 3.8) is 0 Å². The molecule has 0 amide bonds. The van der Waals surface area contributed by atoms with Crippen LogP contribution in [0.3, 0.4) is 0 Å². The highest BCUT2D eigenvalue weighted by molar-refractivity contribution is 5.82. The molecular weight excluding hydrogens is 208 g/mol. The average molecular weight is 228 g/mol. The Bertz CT molecular complexity index is 283. The SMILES string of the molecule is COC(=O)[C@H]1CCCN1C(=N)OC(C)(C)C. The number of rotatable bonds is 1. The fourth-order valence-corrected chi connectivity index (χ4v) is 1.74. The molecule has 0 unspecified atom stereocenters. The molecule has 1 aliphatic heterocycles. The van der Waals surface area contributed by atoms with E-state index in [0.29, 0.717) is 6.54 Å². The third-order valence-electron chi connectivity index (χ3n) is 2.39. The van der Waals surface area contributed by atoms with Crippen LogP contribution in [0.25, 0.3) is 0 Å². The first kappa shape index (κ1) is 12.8. The number of carbonyl (C=O) groups is 1. The van der Waals surface area contributed by atoms with Crippen LogP contribution in [0.1, 0.15) is 33.6 Å². The van der Waals surface area contributed by atoms with Crippen LogP contribution in [0.2, 0.25) is 0 Å². The number of ether oxygens (including phenoxy) is 2. The topological polar surface area (TPSA) is 62.6 Å². The standard InChI is InChI=1S/C11H20N2O3/c1-11(2,3)16-10(12)13-7-5-6-8(13)9(14)15-4/h8,12H,5-7H2,1-4H3/t8-/m1/s1. The summed E-state index contributed by atoms with van der Waals surface area (Å²) in [5.41, 5.74) is -0.416. The summed E-state index contributed by atoms with van der Waals surface area (Å²) in [5, 5.41) is 7.84. The van der Waals surface area contributed by atoms with Crippen molar-refractivity contribution in [2.75, 3.05) is 13.7 Å². The molecule has 0 saturated carbocycles. The van der Waals surface area contributed by atoms with Crippen LogP contribution < -0.4 is 0 Å². The normalized spacial score (nSPS) is 20.8. The third-order valence-corrected chi connectivity index (χ3v) is 2.39. The summed E-state index contributed by atoms with van der Waals surface area (Å²) in [7, 11) is 1.37. The zero-order chi connectivity index (χ0) is 12.3. The predicted octanol–water partition coefficient (Wildman–Crippen LogP) is 1.37. The maximum Gasteiger partial charge on any atom is 0.328 e. The molecule has 1 N–H and O–H groups in total. The molecule has 1 fully saturated rings. The lowest BCUT2D eigenvalue weighted by atomic mass is 10.2. The second-order valence-electron chi connectivity index (χ2n) is 4.89. The zero-order valence-corrected chi connectivity index (χ0v) is 10.4. The van der Waals surface area contributed by atoms with E-state index in [9.17, 15) is 4.79 Å². The number of nitrogens with one attached hydrogen (secondary N) is 1. The summed E-state index contributed by atoms with van der Waals surface area (Å²) in [6, 6.07) is -0.305. The molecule has 0 aromatic carbocycles. The molecular formula is C11H20N2O3. The summed E-state index contributed by atoms with van der Waals surface area (Å²) in [6.07, 6.45) is 1.61. The van der Waals surface area contributed by atoms with Crippen molar-refractivity contribution >= 4 is 12.0 Å². The summed E-state index contributed by atoms with van der Waals surface area (Å²) in [5.74, 6) is -0.292. The van der Waals surface area contributed by atoms with Gasteiger partial charge in [0, 0.05) is 6.54 Å². The first-order chi connectivity index (χ1) is 7.35. The summed E-state index contributed by atoms with van der Waals surface area (Å²) < 4.78 is 10.2. The summed E-state index contributed by atoms with van der Waals surface area (Å²) >= 11 is 0. The lowest BCUT2D eigenvalue weighted by Gasteiger charge is -2.29. The molecule has 92 valence electrons. The van der Waals surface area contributed by atoms with Crippen LogP contribution in [0.4, 0.5) is 0 Å². The number of methoxy groups -OCH3 is 1. The summed E-state index contributed by atoms with van der Waals surface area (Å²) in [6.45, 7) is 6.31. The molecule has 5 nitrogen and oxygen atoms in total. The van der Waals surface area contributed by atoms with Crippen LogP contribution in [0.15, 0.2) is 0 Å². The van der Waals surface area contributed by atoms with Gasteiger partial charge in [-0.3, -0.25) is 5.41 Å². The maximum absolute atomic E-state index is 11.5. The molecule has 1 saturated heterocycles. The van der Waals surface area contributed by atoms with Crippen LogP contribution in [-0.4, -0.2) is 42.2 Å². The van der Waals surface area contributed by atoms with Crippen molar-refractivity contribution in [2.45, 2.75) is 45.3 Å². The molecule has 0 bridgehead atoms. The van der Waals surface area contributed by atoms with Crippen molar-refractivity contribution in [3.05, 3.63) is 0 Å². The molecule has 0 aromatic heterocycles. The van der Waals surface area contributed by atoms with Gasteiger partial charge in [0.25, 0.3) is 6.02 Å². The zero-order valence-electron chi connectivity index (χ0n) is 10.4. The highest BCUT2D eigenvalue weighted by Gasteiger charge is 2.35. The third kappa shape index (κ3) is 3.12. The van der Waals surface area contributed by atoms with Crippen molar-refractivity contribution in [1.29, 1.82) is 5.41 Å². The Morgan fingerprint density at radius 2 is 2.06 bits per heavy atom. The van der Waals surface area contributed by atoms with Gasteiger partial charge in [0.15, 0.2) is 0 Å². The smallest absolute Gasteiger partial charge is 0.328 e. The van der Waals surface area contributed by atoms with Crippen LogP contribution in [0, 0.1) is 5.41 Å². The van der Waals surface area contributed by atoms with Gasteiger partial charge in [-0.2, -0.15) is 0 Å². The monoisotopic (exact) mass is 228 g/mol. The van der Waals surface area contributed by atoms with E-state index in [-0.39, 0.29) is 18.0 Å². The molecule has 0 spiro atoms. The second kappa shape index (κ2) is 4.72. The largest absolute Gasteiger partial charge is 0.467 e. The van der Waals surface area contributed by atoms with Gasteiger partial charge in [0.2, 0.25) is 0 Å². The molecule has 0 aromatic rings. The number of hydrogen-bond acceptors (Lipinski definition) is 4. The van der Waals surface area contributed by atoms with E-state index < -0.39 is 5.60 Å². The minimum atomic E-state index is -0.416. The van der Waals surface area contributed by atoms with Crippen molar-refractivity contribution in [1.82, 2.24) is 4.90 Å². The van der Waals surface area contributed by atoms with Crippen molar-refractivity contribution < 1.29 is 14.3 Å². The first-order valence-corrected chi connectivity index (χ1v) is 5.47. The van der Waals surface area contributed by atoms with Gasteiger partial charge in [-0.05, 0) is 33.6 Å². The highest BCUT2D eigenvalue weighted by Crippen LogP contribution is 2.20. The Morgan fingerprint density at radius 1 is 1.44 bits per heavy atom. The number of hydrogen-bond donors (Lipinski definition) is 1. The number of nitrogens with zero attached hydrogens (tertiary/aromatic N) is 1. The van der Waals surface area contributed by atoms with Crippen molar-refractivity contribution in [3.8, 4) is 0 Å². The predicted molar refractivity (Wildman–Crippen MR) is 60.3 cm³/mol. The summed E-state index contributed by atoms with van der Waals surface area (Å²) in [4.78, 5) is 13.1. The lowest BCUT2D eigenvalue weighted by Crippen LogP contribution is -2.44. The lowest BCUT2D eigenvalue weighted by molar-refractivity contribution is -0.145. The van der Waals surface area contributed by atoms with Crippen LogP contribution in [-0.2, 0) is 14.3 Å². The first-order valence-electron chi connectivity index (χ1n) is 5.47. The Morgan fingerprint density at radius 3 is 2.56 bits per heavy atom. The Balaban J connectivity index is 2.65. The van der Waals surface area contributed by atoms with Gasteiger partial charge in [0.05, 0.1) is 7.11 Å². The molecule has 1 atom stereocenters. The van der Waals surface area contributed by atoms with E-state index in [1.165, 1.54) is 7.11 Å². The number of carbonyl (C=O) groups excluding carboxylic acids is 1. The minimum absolute atomic E-state index is 0.0559. The van der Waals surface area contributed by atoms with E-state index >= 15 is 0 Å². The fourth-order valence-electron chi connectivity index (χ4n) is 1.74. The molecule has 0 radical (unpaired) electrons. The Hall–Kier alpha value is -1.26. The van der Waals surface area contributed by atoms with E-state index in [2.05, 4.69) is 0 Å². The molecule has 16 heavy (non-hydrogen) atoms. The molecule has 1 heterocycles.